The van der Waals surface area contributed by atoms with Crippen molar-refractivity contribution in [3.8, 4) is 0 Å². The highest BCUT2D eigenvalue weighted by Gasteiger charge is 2.27. The van der Waals surface area contributed by atoms with Gasteiger partial charge in [0.05, 0.1) is 22.4 Å². The van der Waals surface area contributed by atoms with Crippen LogP contribution in [0.2, 0.25) is 0 Å². The molecule has 23 heavy (non-hydrogen) atoms. The van der Waals surface area contributed by atoms with Gasteiger partial charge in [-0.05, 0) is 56.7 Å². The van der Waals surface area contributed by atoms with Crippen molar-refractivity contribution in [1.29, 1.82) is 0 Å². The molecule has 0 spiro atoms. The molecule has 124 valence electrons. The van der Waals surface area contributed by atoms with Crippen molar-refractivity contribution in [2.75, 3.05) is 0 Å². The average Bonchev–Trinajstić information content (AvgIpc) is 3.12. The van der Waals surface area contributed by atoms with Gasteiger partial charge in [-0.3, -0.25) is 0 Å². The molecule has 0 N–H and O–H groups in total. The minimum atomic E-state index is -3.31. The zero-order valence-electron chi connectivity index (χ0n) is 13.9. The number of hydrogen-bond acceptors (Lipinski definition) is 4. The fourth-order valence-corrected chi connectivity index (χ4v) is 4.77. The van der Waals surface area contributed by atoms with Crippen LogP contribution in [-0.2, 0) is 35.0 Å². The van der Waals surface area contributed by atoms with Crippen LogP contribution >= 0.6 is 0 Å². The molecular weight excluding hydrogens is 310 g/mol. The summed E-state index contributed by atoms with van der Waals surface area (Å²) in [5.41, 5.74) is 4.94. The molecule has 1 aliphatic rings. The Labute approximate surface area is 137 Å². The molecule has 0 radical (unpaired) electrons. The lowest BCUT2D eigenvalue weighted by Crippen LogP contribution is -2.16. The van der Waals surface area contributed by atoms with E-state index in [2.05, 4.69) is 22.4 Å². The molecule has 5 nitrogen and oxygen atoms in total. The molecule has 0 amide bonds. The first-order valence-corrected chi connectivity index (χ1v) is 9.86. The van der Waals surface area contributed by atoms with E-state index in [4.69, 9.17) is 0 Å². The van der Waals surface area contributed by atoms with Crippen LogP contribution in [0.3, 0.4) is 0 Å². The molecular formula is C17H23N3O2S. The van der Waals surface area contributed by atoms with Gasteiger partial charge in [0.15, 0.2) is 9.84 Å². The third-order valence-electron chi connectivity index (χ3n) is 4.80. The molecule has 1 aliphatic carbocycles. The van der Waals surface area contributed by atoms with Crippen LogP contribution in [0.5, 0.6) is 0 Å². The minimum Gasteiger partial charge on any atom is -0.248 e. The molecule has 0 saturated heterocycles. The Balaban J connectivity index is 1.88. The fraction of sp³-hybridized carbons (Fsp3) is 0.529. The second kappa shape index (κ2) is 6.07. The van der Waals surface area contributed by atoms with Gasteiger partial charge < -0.3 is 0 Å². The van der Waals surface area contributed by atoms with Gasteiger partial charge in [0.2, 0.25) is 0 Å². The topological polar surface area (TPSA) is 64.8 Å². The summed E-state index contributed by atoms with van der Waals surface area (Å²) < 4.78 is 27.4. The van der Waals surface area contributed by atoms with E-state index >= 15 is 0 Å². The van der Waals surface area contributed by atoms with Crippen molar-refractivity contribution in [1.82, 2.24) is 15.0 Å². The first-order valence-electron chi connectivity index (χ1n) is 8.14. The van der Waals surface area contributed by atoms with Gasteiger partial charge in [0.25, 0.3) is 0 Å². The van der Waals surface area contributed by atoms with Crippen LogP contribution in [0, 0.1) is 6.92 Å². The molecule has 0 fully saturated rings. The summed E-state index contributed by atoms with van der Waals surface area (Å²) in [5, 5.41) is 7.48. The highest BCUT2D eigenvalue weighted by molar-refractivity contribution is 7.90. The predicted octanol–water partition coefficient (Wildman–Crippen LogP) is 2.77. The van der Waals surface area contributed by atoms with E-state index in [1.165, 1.54) is 17.5 Å². The van der Waals surface area contributed by atoms with Gasteiger partial charge in [-0.2, -0.15) is 0 Å². The van der Waals surface area contributed by atoms with E-state index in [0.717, 1.165) is 18.4 Å². The summed E-state index contributed by atoms with van der Waals surface area (Å²) >= 11 is 0. The zero-order chi connectivity index (χ0) is 16.6. The maximum atomic E-state index is 12.9. The van der Waals surface area contributed by atoms with Crippen molar-refractivity contribution in [2.24, 2.45) is 0 Å². The summed E-state index contributed by atoms with van der Waals surface area (Å²) in [7, 11) is -3.31. The molecule has 3 rings (SSSR count). The first-order chi connectivity index (χ1) is 10.9. The van der Waals surface area contributed by atoms with Gasteiger partial charge in [0.1, 0.15) is 0 Å². The Kier molecular flexibility index (Phi) is 4.27. The molecule has 1 aromatic heterocycles. The minimum absolute atomic E-state index is 0.0159. The Hall–Kier alpha value is -1.69. The maximum absolute atomic E-state index is 12.9. The second-order valence-corrected chi connectivity index (χ2v) is 8.59. The lowest BCUT2D eigenvalue weighted by Gasteiger charge is -2.15. The number of nitrogens with zero attached hydrogens (tertiary/aromatic N) is 3. The van der Waals surface area contributed by atoms with E-state index in [1.807, 2.05) is 19.9 Å². The van der Waals surface area contributed by atoms with E-state index in [1.54, 1.807) is 11.6 Å². The summed E-state index contributed by atoms with van der Waals surface area (Å²) in [6, 6.07) is 6.13. The number of aromatic nitrogens is 3. The Morgan fingerprint density at radius 1 is 1.26 bits per heavy atom. The molecule has 6 heteroatoms. The van der Waals surface area contributed by atoms with E-state index < -0.39 is 15.1 Å². The number of benzene rings is 1. The molecule has 1 atom stereocenters. The van der Waals surface area contributed by atoms with Crippen LogP contribution in [0.1, 0.15) is 53.6 Å². The summed E-state index contributed by atoms with van der Waals surface area (Å²) in [6.45, 7) is 6.15. The Morgan fingerprint density at radius 2 is 2.00 bits per heavy atom. The highest BCUT2D eigenvalue weighted by Crippen LogP contribution is 2.30. The van der Waals surface area contributed by atoms with Crippen molar-refractivity contribution < 1.29 is 8.42 Å². The molecule has 0 aliphatic heterocycles. The lowest BCUT2D eigenvalue weighted by atomic mass is 10.0. The Bertz CT molecular complexity index is 824. The quantitative estimate of drug-likeness (QED) is 0.844. The third kappa shape index (κ3) is 3.04. The summed E-state index contributed by atoms with van der Waals surface area (Å²) in [4.78, 5) is 0. The largest absolute Gasteiger partial charge is 0.248 e. The van der Waals surface area contributed by atoms with Crippen molar-refractivity contribution in [2.45, 2.75) is 57.6 Å². The number of rotatable bonds is 5. The molecule has 1 aromatic carbocycles. The van der Waals surface area contributed by atoms with Crippen molar-refractivity contribution in [3.05, 3.63) is 46.3 Å². The lowest BCUT2D eigenvalue weighted by molar-refractivity contribution is 0.573. The highest BCUT2D eigenvalue weighted by atomic mass is 32.2. The first kappa shape index (κ1) is 16.2. The van der Waals surface area contributed by atoms with Gasteiger partial charge in [-0.25, -0.2) is 13.1 Å². The molecule has 1 unspecified atom stereocenters. The molecule has 0 saturated carbocycles. The van der Waals surface area contributed by atoms with Gasteiger partial charge in [-0.15, -0.1) is 5.10 Å². The number of fused-ring (bicyclic) bond motifs is 1. The third-order valence-corrected chi connectivity index (χ3v) is 6.83. The maximum Gasteiger partial charge on any atom is 0.162 e. The number of aryl methyl sites for hydroxylation is 4. The van der Waals surface area contributed by atoms with Gasteiger partial charge in [-0.1, -0.05) is 23.4 Å². The summed E-state index contributed by atoms with van der Waals surface area (Å²) in [6.07, 6.45) is 3.33. The smallest absolute Gasteiger partial charge is 0.162 e. The standard InChI is InChI=1S/C17H23N3O2S/c1-4-20-17(12(2)18-19-20)11-23(21,22)13(3)15-9-8-14-6-5-7-16(14)10-15/h8-10,13H,4-7,11H2,1-3H3. The van der Waals surface area contributed by atoms with Crippen molar-refractivity contribution >= 4 is 9.84 Å². The zero-order valence-corrected chi connectivity index (χ0v) is 14.7. The number of sulfone groups is 1. The monoisotopic (exact) mass is 333 g/mol. The average molecular weight is 333 g/mol. The van der Waals surface area contributed by atoms with Crippen LogP contribution in [0.15, 0.2) is 18.2 Å². The van der Waals surface area contributed by atoms with E-state index in [-0.39, 0.29) is 5.75 Å². The molecule has 0 bridgehead atoms. The second-order valence-electron chi connectivity index (χ2n) is 6.27. The normalized spacial score (nSPS) is 15.6. The van der Waals surface area contributed by atoms with Crippen LogP contribution < -0.4 is 0 Å². The number of hydrogen-bond donors (Lipinski definition) is 0. The van der Waals surface area contributed by atoms with Gasteiger partial charge in [0, 0.05) is 6.54 Å². The Morgan fingerprint density at radius 3 is 2.74 bits per heavy atom. The SMILES string of the molecule is CCn1nnc(C)c1CS(=O)(=O)C(C)c1ccc2c(c1)CCC2. The molecule has 2 aromatic rings. The predicted molar refractivity (Wildman–Crippen MR) is 89.9 cm³/mol. The van der Waals surface area contributed by atoms with Crippen LogP contribution in [0.25, 0.3) is 0 Å². The van der Waals surface area contributed by atoms with Crippen molar-refractivity contribution in [3.63, 3.8) is 0 Å². The van der Waals surface area contributed by atoms with Crippen LogP contribution in [-0.4, -0.2) is 23.4 Å². The van der Waals surface area contributed by atoms with Crippen LogP contribution in [0.4, 0.5) is 0 Å². The summed E-state index contributed by atoms with van der Waals surface area (Å²) in [5.74, 6) is -0.0159. The van der Waals surface area contributed by atoms with E-state index in [0.29, 0.717) is 17.9 Å². The molecule has 1 heterocycles. The van der Waals surface area contributed by atoms with Gasteiger partial charge >= 0.3 is 0 Å². The van der Waals surface area contributed by atoms with E-state index in [9.17, 15) is 8.42 Å². The fourth-order valence-electron chi connectivity index (χ4n) is 3.22.